The van der Waals surface area contributed by atoms with Crippen LogP contribution >= 0.6 is 15.6 Å². The number of carbonyl (C=O) groups is 4. The van der Waals surface area contributed by atoms with Crippen LogP contribution in [0.5, 0.6) is 0 Å². The molecule has 0 bridgehead atoms. The Balaban J connectivity index is 5.20. The van der Waals surface area contributed by atoms with Crippen LogP contribution < -0.4 is 0 Å². The van der Waals surface area contributed by atoms with Gasteiger partial charge >= 0.3 is 39.5 Å². The first-order valence-corrected chi connectivity index (χ1v) is 47.8. The fraction of sp³-hybridized carbons (Fsp3) is 0.954. The van der Waals surface area contributed by atoms with Gasteiger partial charge in [0, 0.05) is 25.7 Å². The van der Waals surface area contributed by atoms with Crippen molar-refractivity contribution in [1.82, 2.24) is 0 Å². The van der Waals surface area contributed by atoms with E-state index in [0.29, 0.717) is 25.7 Å². The average molecular weight is 1550 g/mol. The topological polar surface area (TPSA) is 237 Å². The Morgan fingerprint density at radius 3 is 0.670 bits per heavy atom. The molecule has 630 valence electrons. The first-order valence-electron chi connectivity index (χ1n) is 44.8. The molecule has 19 heteroatoms. The van der Waals surface area contributed by atoms with Crippen molar-refractivity contribution in [2.75, 3.05) is 39.6 Å². The van der Waals surface area contributed by atoms with E-state index in [0.717, 1.165) is 120 Å². The monoisotopic (exact) mass is 1550 g/mol. The molecule has 0 aliphatic heterocycles. The van der Waals surface area contributed by atoms with Gasteiger partial charge in [-0.15, -0.1) is 0 Å². The molecule has 0 aromatic rings. The lowest BCUT2D eigenvalue weighted by atomic mass is 9.99. The van der Waals surface area contributed by atoms with E-state index in [1.807, 2.05) is 0 Å². The molecule has 0 saturated heterocycles. The molecule has 0 aromatic carbocycles. The molecule has 0 spiro atoms. The zero-order chi connectivity index (χ0) is 78.1. The van der Waals surface area contributed by atoms with Crippen LogP contribution in [0.3, 0.4) is 0 Å². The fourth-order valence-corrected chi connectivity index (χ4v) is 15.0. The predicted molar refractivity (Wildman–Crippen MR) is 437 cm³/mol. The number of phosphoric ester groups is 2. The SMILES string of the molecule is CCC(C)CCCCCCCCCCCCC(=O)OC[C@H](COP(=O)(O)OC[C@@H](O)COP(=O)(O)OC[C@@H](COC(=O)CCCCCCCCC(C)CC)OC(=O)CCCCCCCCCCCCCCCCCCCCC(C)C)OC(=O)CCCCCCCCCCCCCCCCCCCCC(C)C. The number of aliphatic hydroxyl groups excluding tert-OH is 1. The third kappa shape index (κ3) is 77.4. The minimum Gasteiger partial charge on any atom is -0.462 e. The second kappa shape index (κ2) is 75.7. The number of ether oxygens (including phenoxy) is 4. The van der Waals surface area contributed by atoms with E-state index in [-0.39, 0.29) is 25.7 Å². The van der Waals surface area contributed by atoms with Gasteiger partial charge in [-0.05, 0) is 49.4 Å². The van der Waals surface area contributed by atoms with E-state index >= 15 is 0 Å². The standard InChI is InChI=1S/C87H170O17P2/c1-9-79(7)65-57-49-41-35-31-32-36-42-51-59-67-84(89)97-73-82(103-86(91)69-61-53-43-37-29-25-21-17-13-11-15-19-23-27-33-39-47-55-63-77(3)4)75-101-105(93,94)99-71-81(88)72-100-106(95,96)102-76-83(74-98-85(90)68-60-52-46-45-50-58-66-80(8)10-2)104-87(92)70-62-54-44-38-30-26-22-18-14-12-16-20-24-28-34-40-48-56-64-78(5)6/h77-83,88H,9-76H2,1-8H3,(H,93,94)(H,95,96)/t79?,80?,81-,82-,83-/m1/s1. The summed E-state index contributed by atoms with van der Waals surface area (Å²) in [7, 11) is -9.93. The number of hydrogen-bond donors (Lipinski definition) is 3. The van der Waals surface area contributed by atoms with Crippen LogP contribution in [0.15, 0.2) is 0 Å². The molecule has 106 heavy (non-hydrogen) atoms. The smallest absolute Gasteiger partial charge is 0.462 e. The maximum absolute atomic E-state index is 13.1. The van der Waals surface area contributed by atoms with Gasteiger partial charge in [0.25, 0.3) is 0 Å². The van der Waals surface area contributed by atoms with Crippen LogP contribution in [0.1, 0.15) is 453 Å². The van der Waals surface area contributed by atoms with Crippen molar-refractivity contribution in [3.63, 3.8) is 0 Å². The van der Waals surface area contributed by atoms with Crippen LogP contribution in [-0.2, 0) is 65.4 Å². The summed E-state index contributed by atoms with van der Waals surface area (Å²) in [5.74, 6) is 1.07. The lowest BCUT2D eigenvalue weighted by molar-refractivity contribution is -0.161. The molecule has 0 fully saturated rings. The summed E-state index contributed by atoms with van der Waals surface area (Å²) in [6.07, 6.45) is 65.3. The Morgan fingerprint density at radius 2 is 0.453 bits per heavy atom. The summed E-state index contributed by atoms with van der Waals surface area (Å²) in [5.41, 5.74) is 0. The first-order chi connectivity index (χ1) is 51.2. The second-order valence-electron chi connectivity index (χ2n) is 32.7. The molecule has 4 unspecified atom stereocenters. The first kappa shape index (κ1) is 104. The molecular formula is C87H170O17P2. The normalized spacial score (nSPS) is 14.4. The second-order valence-corrected chi connectivity index (χ2v) is 35.6. The van der Waals surface area contributed by atoms with Crippen molar-refractivity contribution in [3.05, 3.63) is 0 Å². The van der Waals surface area contributed by atoms with Crippen molar-refractivity contribution in [3.8, 4) is 0 Å². The summed E-state index contributed by atoms with van der Waals surface area (Å²) >= 11 is 0. The number of aliphatic hydroxyl groups is 1. The molecule has 0 aliphatic rings. The Hall–Kier alpha value is -1.94. The molecule has 0 aromatic heterocycles. The van der Waals surface area contributed by atoms with Gasteiger partial charge in [-0.2, -0.15) is 0 Å². The molecule has 0 aliphatic carbocycles. The quantitative estimate of drug-likeness (QED) is 0.0222. The Morgan fingerprint density at radius 1 is 0.264 bits per heavy atom. The summed E-state index contributed by atoms with van der Waals surface area (Å²) in [6, 6.07) is 0. The molecule has 0 radical (unpaired) electrons. The Kier molecular flexibility index (Phi) is 74.3. The number of rotatable bonds is 84. The average Bonchev–Trinajstić information content (AvgIpc) is 0.914. The highest BCUT2D eigenvalue weighted by Gasteiger charge is 2.31. The molecule has 0 heterocycles. The van der Waals surface area contributed by atoms with Crippen molar-refractivity contribution in [2.24, 2.45) is 23.7 Å². The summed E-state index contributed by atoms with van der Waals surface area (Å²) in [6.45, 7) is 14.3. The molecule has 7 atom stereocenters. The molecule has 17 nitrogen and oxygen atoms in total. The van der Waals surface area contributed by atoms with E-state index in [2.05, 4.69) is 55.4 Å². The van der Waals surface area contributed by atoms with Crippen molar-refractivity contribution < 1.29 is 80.2 Å². The number of phosphoric acid groups is 2. The van der Waals surface area contributed by atoms with Gasteiger partial charge in [-0.25, -0.2) is 9.13 Å². The van der Waals surface area contributed by atoms with Gasteiger partial charge in [0.15, 0.2) is 12.2 Å². The van der Waals surface area contributed by atoms with E-state index in [9.17, 15) is 43.2 Å². The van der Waals surface area contributed by atoms with Crippen molar-refractivity contribution in [1.29, 1.82) is 0 Å². The number of carbonyl (C=O) groups excluding carboxylic acids is 4. The third-order valence-corrected chi connectivity index (χ3v) is 22.9. The van der Waals surface area contributed by atoms with Crippen LogP contribution in [-0.4, -0.2) is 96.7 Å². The van der Waals surface area contributed by atoms with Crippen LogP contribution in [0.4, 0.5) is 0 Å². The van der Waals surface area contributed by atoms with Gasteiger partial charge in [0.05, 0.1) is 26.4 Å². The lowest BCUT2D eigenvalue weighted by Gasteiger charge is -2.21. The van der Waals surface area contributed by atoms with Crippen LogP contribution in [0.25, 0.3) is 0 Å². The maximum Gasteiger partial charge on any atom is 0.472 e. The molecule has 0 amide bonds. The van der Waals surface area contributed by atoms with Gasteiger partial charge in [-0.1, -0.05) is 402 Å². The Bertz CT molecular complexity index is 2060. The van der Waals surface area contributed by atoms with Gasteiger partial charge in [0.1, 0.15) is 19.3 Å². The molecular weight excluding hydrogens is 1380 g/mol. The molecule has 3 N–H and O–H groups in total. The van der Waals surface area contributed by atoms with Crippen molar-refractivity contribution in [2.45, 2.75) is 472 Å². The molecule has 0 rings (SSSR count). The van der Waals surface area contributed by atoms with E-state index in [1.165, 1.54) is 250 Å². The highest BCUT2D eigenvalue weighted by molar-refractivity contribution is 7.47. The number of esters is 4. The highest BCUT2D eigenvalue weighted by atomic mass is 31.2. The fourth-order valence-electron chi connectivity index (χ4n) is 13.4. The third-order valence-electron chi connectivity index (χ3n) is 21.0. The number of hydrogen-bond acceptors (Lipinski definition) is 15. The van der Waals surface area contributed by atoms with E-state index < -0.39 is 97.5 Å². The van der Waals surface area contributed by atoms with Crippen LogP contribution in [0.2, 0.25) is 0 Å². The summed E-state index contributed by atoms with van der Waals surface area (Å²) in [5, 5.41) is 10.7. The van der Waals surface area contributed by atoms with Crippen molar-refractivity contribution >= 4 is 39.5 Å². The minimum absolute atomic E-state index is 0.107. The maximum atomic E-state index is 13.1. The van der Waals surface area contributed by atoms with E-state index in [1.54, 1.807) is 0 Å². The zero-order valence-corrected chi connectivity index (χ0v) is 71.9. The predicted octanol–water partition coefficient (Wildman–Crippen LogP) is 26.3. The van der Waals surface area contributed by atoms with Gasteiger partial charge in [0.2, 0.25) is 0 Å². The van der Waals surface area contributed by atoms with Gasteiger partial charge < -0.3 is 33.8 Å². The van der Waals surface area contributed by atoms with E-state index in [4.69, 9.17) is 37.0 Å². The number of unbranched alkanes of at least 4 members (excludes halogenated alkanes) is 48. The molecule has 0 saturated carbocycles. The largest absolute Gasteiger partial charge is 0.472 e. The lowest BCUT2D eigenvalue weighted by Crippen LogP contribution is -2.30. The Labute approximate surface area is 651 Å². The minimum atomic E-state index is -4.97. The zero-order valence-electron chi connectivity index (χ0n) is 70.1. The van der Waals surface area contributed by atoms with Gasteiger partial charge in [-0.3, -0.25) is 37.3 Å². The van der Waals surface area contributed by atoms with Crippen LogP contribution in [0, 0.1) is 23.7 Å². The summed E-state index contributed by atoms with van der Waals surface area (Å²) in [4.78, 5) is 73.2. The highest BCUT2D eigenvalue weighted by Crippen LogP contribution is 2.45. The summed E-state index contributed by atoms with van der Waals surface area (Å²) < 4.78 is 68.9.